The van der Waals surface area contributed by atoms with Crippen molar-refractivity contribution in [1.29, 1.82) is 0 Å². The van der Waals surface area contributed by atoms with Gasteiger partial charge in [-0.15, -0.1) is 0 Å². The molecule has 1 spiro atoms. The highest BCUT2D eigenvalue weighted by molar-refractivity contribution is 5.56. The lowest BCUT2D eigenvalue weighted by molar-refractivity contribution is 0.195. The van der Waals surface area contributed by atoms with E-state index in [-0.39, 0.29) is 11.2 Å². The Morgan fingerprint density at radius 1 is 0.810 bits per heavy atom. The average Bonchev–Trinajstić information content (AvgIpc) is 3.34. The number of epoxide rings is 3. The first kappa shape index (κ1) is 10.8. The topological polar surface area (TPSA) is 37.6 Å². The van der Waals surface area contributed by atoms with Gasteiger partial charge in [-0.2, -0.15) is 0 Å². The quantitative estimate of drug-likeness (QED) is 0.685. The van der Waals surface area contributed by atoms with Gasteiger partial charge in [0.2, 0.25) is 0 Å². The molecule has 3 aliphatic carbocycles. The molecule has 21 heavy (non-hydrogen) atoms. The van der Waals surface area contributed by atoms with Gasteiger partial charge in [0.25, 0.3) is 0 Å². The molecule has 3 heteroatoms. The third-order valence-electron chi connectivity index (χ3n) is 7.33. The lowest BCUT2D eigenvalue weighted by atomic mass is 9.69. The fraction of sp³-hybridized carbons (Fsp3) is 0.667. The molecule has 2 saturated carbocycles. The summed E-state index contributed by atoms with van der Waals surface area (Å²) in [4.78, 5) is 0. The lowest BCUT2D eigenvalue weighted by Gasteiger charge is -2.31. The van der Waals surface area contributed by atoms with Gasteiger partial charge < -0.3 is 14.2 Å². The number of hydrogen-bond acceptors (Lipinski definition) is 3. The highest BCUT2D eigenvalue weighted by Crippen LogP contribution is 2.81. The normalized spacial score (nSPS) is 61.8. The Labute approximate surface area is 123 Å². The molecule has 9 atom stereocenters. The molecule has 3 nitrogen and oxygen atoms in total. The van der Waals surface area contributed by atoms with Crippen molar-refractivity contribution in [3.63, 3.8) is 0 Å². The molecule has 7 rings (SSSR count). The summed E-state index contributed by atoms with van der Waals surface area (Å²) >= 11 is 0. The molecule has 5 fully saturated rings. The van der Waals surface area contributed by atoms with Crippen molar-refractivity contribution in [2.75, 3.05) is 0 Å². The van der Waals surface area contributed by atoms with E-state index in [1.165, 1.54) is 11.1 Å². The minimum atomic E-state index is -0.00648. The zero-order valence-corrected chi connectivity index (χ0v) is 12.2. The van der Waals surface area contributed by atoms with Crippen molar-refractivity contribution in [1.82, 2.24) is 0 Å². The zero-order chi connectivity index (χ0) is 13.7. The lowest BCUT2D eigenvalue weighted by Crippen LogP contribution is -2.36. The van der Waals surface area contributed by atoms with Crippen molar-refractivity contribution < 1.29 is 14.2 Å². The Bertz CT molecular complexity index is 661. The van der Waals surface area contributed by atoms with Crippen LogP contribution in [0, 0.1) is 11.8 Å². The SMILES string of the molecule is CC1(C)OC12[C@H]1c3ccccc3[C@H]2[C@@H]2[C@H]3O[C@H]3[C@H]3O[C@H]3[C@H]21. The molecule has 3 saturated heterocycles. The van der Waals surface area contributed by atoms with Crippen molar-refractivity contribution in [3.8, 4) is 0 Å². The van der Waals surface area contributed by atoms with Gasteiger partial charge in [0.15, 0.2) is 0 Å². The summed E-state index contributed by atoms with van der Waals surface area (Å²) in [5.41, 5.74) is 3.07. The monoisotopic (exact) mass is 282 g/mol. The molecule has 0 N–H and O–H groups in total. The van der Waals surface area contributed by atoms with Crippen LogP contribution in [0.2, 0.25) is 0 Å². The standard InChI is InChI=1S/C18H18O3/c1-17(2)18(21-17)11-7-5-3-4-6-8(7)12(18)10-9(11)13-15(19-13)16-14(10)20-16/h3-6,9-16H,1-2H3/t9-,10-,11+,12+,13-,14+,15-,16+,18?/m1/s1. The third-order valence-corrected chi connectivity index (χ3v) is 7.33. The van der Waals surface area contributed by atoms with E-state index >= 15 is 0 Å². The fourth-order valence-electron chi connectivity index (χ4n) is 6.67. The van der Waals surface area contributed by atoms with Gasteiger partial charge in [-0.3, -0.25) is 0 Å². The van der Waals surface area contributed by atoms with E-state index in [1.807, 2.05) is 0 Å². The van der Waals surface area contributed by atoms with E-state index in [4.69, 9.17) is 14.2 Å². The molecule has 3 aliphatic heterocycles. The molecule has 3 heterocycles. The van der Waals surface area contributed by atoms with Crippen LogP contribution in [0.3, 0.4) is 0 Å². The van der Waals surface area contributed by atoms with Crippen LogP contribution < -0.4 is 0 Å². The summed E-state index contributed by atoms with van der Waals surface area (Å²) in [6.45, 7) is 4.54. The van der Waals surface area contributed by atoms with Gasteiger partial charge in [-0.1, -0.05) is 24.3 Å². The van der Waals surface area contributed by atoms with Gasteiger partial charge in [0.05, 0.1) is 17.8 Å². The van der Waals surface area contributed by atoms with E-state index in [0.29, 0.717) is 48.1 Å². The van der Waals surface area contributed by atoms with Crippen LogP contribution >= 0.6 is 0 Å². The second-order valence-electron chi connectivity index (χ2n) is 8.28. The van der Waals surface area contributed by atoms with Crippen molar-refractivity contribution in [2.24, 2.45) is 11.8 Å². The maximum Gasteiger partial charge on any atom is 0.113 e. The van der Waals surface area contributed by atoms with Crippen molar-refractivity contribution >= 4 is 0 Å². The van der Waals surface area contributed by atoms with E-state index < -0.39 is 0 Å². The number of rotatable bonds is 0. The van der Waals surface area contributed by atoms with Gasteiger partial charge in [0, 0.05) is 23.7 Å². The van der Waals surface area contributed by atoms with Crippen LogP contribution in [0.25, 0.3) is 0 Å². The van der Waals surface area contributed by atoms with Crippen molar-refractivity contribution in [2.45, 2.75) is 61.3 Å². The summed E-state index contributed by atoms with van der Waals surface area (Å²) in [6.07, 6.45) is 1.64. The summed E-state index contributed by atoms with van der Waals surface area (Å²) in [5.74, 6) is 2.25. The van der Waals surface area contributed by atoms with E-state index in [1.54, 1.807) is 0 Å². The molecule has 2 bridgehead atoms. The second-order valence-corrected chi connectivity index (χ2v) is 8.28. The number of hydrogen-bond donors (Lipinski definition) is 0. The molecule has 108 valence electrons. The smallest absolute Gasteiger partial charge is 0.113 e. The number of benzene rings is 1. The van der Waals surface area contributed by atoms with Gasteiger partial charge in [0.1, 0.15) is 17.8 Å². The Hall–Kier alpha value is -0.900. The highest BCUT2D eigenvalue weighted by Gasteiger charge is 2.87. The molecule has 0 amide bonds. The number of fused-ring (bicyclic) bond motifs is 11. The first-order chi connectivity index (χ1) is 10.2. The summed E-state index contributed by atoms with van der Waals surface area (Å²) in [7, 11) is 0. The van der Waals surface area contributed by atoms with E-state index in [2.05, 4.69) is 38.1 Å². The fourth-order valence-corrected chi connectivity index (χ4v) is 6.67. The minimum absolute atomic E-state index is 0.00648. The average molecular weight is 282 g/mol. The predicted molar refractivity (Wildman–Crippen MR) is 74.1 cm³/mol. The van der Waals surface area contributed by atoms with E-state index in [9.17, 15) is 0 Å². The molecule has 0 aromatic heterocycles. The zero-order valence-electron chi connectivity index (χ0n) is 12.2. The predicted octanol–water partition coefficient (Wildman–Crippen LogP) is 2.21. The van der Waals surface area contributed by atoms with Gasteiger partial charge in [-0.25, -0.2) is 0 Å². The first-order valence-electron chi connectivity index (χ1n) is 8.25. The van der Waals surface area contributed by atoms with Crippen LogP contribution in [-0.4, -0.2) is 35.6 Å². The molecule has 0 radical (unpaired) electrons. The second kappa shape index (κ2) is 2.70. The van der Waals surface area contributed by atoms with Crippen LogP contribution in [-0.2, 0) is 14.2 Å². The Balaban J connectivity index is 1.51. The highest BCUT2D eigenvalue weighted by atomic mass is 16.7. The molecule has 1 aromatic rings. The van der Waals surface area contributed by atoms with Crippen LogP contribution in [0.1, 0.15) is 36.8 Å². The Kier molecular flexibility index (Phi) is 1.39. The molecule has 1 aromatic carbocycles. The third kappa shape index (κ3) is 0.893. The molecule has 1 unspecified atom stereocenters. The van der Waals surface area contributed by atoms with Crippen LogP contribution in [0.15, 0.2) is 24.3 Å². The van der Waals surface area contributed by atoms with Crippen LogP contribution in [0.4, 0.5) is 0 Å². The van der Waals surface area contributed by atoms with Gasteiger partial charge in [-0.05, 0) is 25.0 Å². The Morgan fingerprint density at radius 2 is 1.29 bits per heavy atom. The van der Waals surface area contributed by atoms with Gasteiger partial charge >= 0.3 is 0 Å². The van der Waals surface area contributed by atoms with Crippen LogP contribution in [0.5, 0.6) is 0 Å². The molecular weight excluding hydrogens is 264 g/mol. The van der Waals surface area contributed by atoms with E-state index in [0.717, 1.165) is 0 Å². The maximum absolute atomic E-state index is 6.44. The summed E-state index contributed by atoms with van der Waals surface area (Å²) < 4.78 is 18.5. The summed E-state index contributed by atoms with van der Waals surface area (Å²) in [5, 5.41) is 0. The minimum Gasteiger partial charge on any atom is -0.366 e. The Morgan fingerprint density at radius 3 is 1.71 bits per heavy atom. The first-order valence-corrected chi connectivity index (χ1v) is 8.25. The molecular formula is C18H18O3. The molecule has 6 aliphatic rings. The summed E-state index contributed by atoms with van der Waals surface area (Å²) in [6, 6.07) is 9.02. The largest absolute Gasteiger partial charge is 0.366 e. The van der Waals surface area contributed by atoms with Crippen molar-refractivity contribution in [3.05, 3.63) is 35.4 Å². The number of ether oxygens (including phenoxy) is 3. The maximum atomic E-state index is 6.44.